The molecular weight excluding hydrogens is 247 g/mol. The molecule has 2 nitrogen and oxygen atoms in total. The summed E-state index contributed by atoms with van der Waals surface area (Å²) in [4.78, 5) is 0. The van der Waals surface area contributed by atoms with Crippen LogP contribution in [-0.4, -0.2) is 12.6 Å². The summed E-state index contributed by atoms with van der Waals surface area (Å²) in [5, 5.41) is 3.11. The van der Waals surface area contributed by atoms with Crippen LogP contribution in [-0.2, 0) is 5.41 Å². The molecule has 0 aromatic heterocycles. The highest BCUT2D eigenvalue weighted by Gasteiger charge is 2.58. The van der Waals surface area contributed by atoms with E-state index in [1.165, 1.54) is 6.07 Å². The van der Waals surface area contributed by atoms with Gasteiger partial charge in [-0.2, -0.15) is 0 Å². The SMILES string of the molecule is NC1CC12CNc1c(F)ccc(Br)c12. The average Bonchev–Trinajstić information content (AvgIpc) is 2.60. The maximum absolute atomic E-state index is 13.4. The molecule has 1 aromatic carbocycles. The van der Waals surface area contributed by atoms with Gasteiger partial charge in [-0.1, -0.05) is 15.9 Å². The molecule has 1 aromatic rings. The fraction of sp³-hybridized carbons (Fsp3) is 0.400. The first-order valence-corrected chi connectivity index (χ1v) is 5.42. The monoisotopic (exact) mass is 256 g/mol. The third-order valence-corrected chi connectivity index (χ3v) is 3.98. The summed E-state index contributed by atoms with van der Waals surface area (Å²) < 4.78 is 14.4. The van der Waals surface area contributed by atoms with Gasteiger partial charge in [0.25, 0.3) is 0 Å². The predicted molar refractivity (Wildman–Crippen MR) is 56.9 cm³/mol. The second-order valence-electron chi connectivity index (χ2n) is 4.10. The standard InChI is InChI=1S/C10H10BrFN2/c11-5-1-2-6(12)9-8(5)10(4-14-9)3-7(10)13/h1-2,7,14H,3-4,13H2. The van der Waals surface area contributed by atoms with Gasteiger partial charge in [-0.25, -0.2) is 4.39 Å². The first-order valence-electron chi connectivity index (χ1n) is 4.63. The minimum Gasteiger partial charge on any atom is -0.381 e. The zero-order chi connectivity index (χ0) is 9.92. The van der Waals surface area contributed by atoms with Crippen molar-refractivity contribution in [3.63, 3.8) is 0 Å². The van der Waals surface area contributed by atoms with Crippen molar-refractivity contribution in [1.29, 1.82) is 0 Å². The van der Waals surface area contributed by atoms with Gasteiger partial charge in [0, 0.05) is 28.0 Å². The van der Waals surface area contributed by atoms with Gasteiger partial charge in [-0.05, 0) is 18.6 Å². The number of hydrogen-bond donors (Lipinski definition) is 2. The molecule has 4 heteroatoms. The summed E-state index contributed by atoms with van der Waals surface area (Å²) >= 11 is 3.46. The second kappa shape index (κ2) is 2.49. The molecule has 1 spiro atoms. The second-order valence-corrected chi connectivity index (χ2v) is 4.95. The topological polar surface area (TPSA) is 38.0 Å². The number of rotatable bonds is 0. The number of halogens is 2. The van der Waals surface area contributed by atoms with Crippen molar-refractivity contribution in [1.82, 2.24) is 0 Å². The average molecular weight is 257 g/mol. The van der Waals surface area contributed by atoms with Gasteiger partial charge < -0.3 is 11.1 Å². The molecule has 2 unspecified atom stereocenters. The highest BCUT2D eigenvalue weighted by atomic mass is 79.9. The van der Waals surface area contributed by atoms with Crippen molar-refractivity contribution < 1.29 is 4.39 Å². The van der Waals surface area contributed by atoms with Crippen molar-refractivity contribution in [3.8, 4) is 0 Å². The van der Waals surface area contributed by atoms with Crippen molar-refractivity contribution in [2.24, 2.45) is 5.73 Å². The Kier molecular flexibility index (Phi) is 1.55. The number of nitrogens with two attached hydrogens (primary N) is 1. The Hall–Kier alpha value is -0.610. The highest BCUT2D eigenvalue weighted by molar-refractivity contribution is 9.10. The lowest BCUT2D eigenvalue weighted by molar-refractivity contribution is 0.630. The van der Waals surface area contributed by atoms with Crippen LogP contribution >= 0.6 is 15.9 Å². The van der Waals surface area contributed by atoms with Crippen LogP contribution in [0.4, 0.5) is 10.1 Å². The van der Waals surface area contributed by atoms with E-state index >= 15 is 0 Å². The van der Waals surface area contributed by atoms with Crippen molar-refractivity contribution in [3.05, 3.63) is 28.0 Å². The first-order chi connectivity index (χ1) is 6.65. The Balaban J connectivity index is 2.24. The van der Waals surface area contributed by atoms with Gasteiger partial charge in [0.05, 0.1) is 5.69 Å². The van der Waals surface area contributed by atoms with Crippen LogP contribution in [0.25, 0.3) is 0 Å². The summed E-state index contributed by atoms with van der Waals surface area (Å²) in [5.41, 5.74) is 7.57. The molecule has 2 aliphatic rings. The lowest BCUT2D eigenvalue weighted by Crippen LogP contribution is -2.20. The molecule has 0 amide bonds. The van der Waals surface area contributed by atoms with Crippen LogP contribution in [0.3, 0.4) is 0 Å². The number of benzene rings is 1. The van der Waals surface area contributed by atoms with E-state index in [0.717, 1.165) is 23.0 Å². The van der Waals surface area contributed by atoms with E-state index in [1.807, 2.05) is 0 Å². The van der Waals surface area contributed by atoms with E-state index in [1.54, 1.807) is 6.07 Å². The molecule has 0 saturated heterocycles. The number of hydrogen-bond acceptors (Lipinski definition) is 2. The molecule has 1 fully saturated rings. The molecule has 1 aliphatic carbocycles. The van der Waals surface area contributed by atoms with Crippen LogP contribution < -0.4 is 11.1 Å². The van der Waals surface area contributed by atoms with Crippen LogP contribution in [0.2, 0.25) is 0 Å². The van der Waals surface area contributed by atoms with Gasteiger partial charge in [0.15, 0.2) is 0 Å². The molecule has 3 N–H and O–H groups in total. The molecule has 1 heterocycles. The predicted octanol–water partition coefficient (Wildman–Crippen LogP) is 1.98. The van der Waals surface area contributed by atoms with Crippen molar-refractivity contribution >= 4 is 21.6 Å². The zero-order valence-electron chi connectivity index (χ0n) is 7.48. The summed E-state index contributed by atoms with van der Waals surface area (Å²) in [6, 6.07) is 3.41. The number of fused-ring (bicyclic) bond motifs is 2. The molecular formula is C10H10BrFN2. The normalized spacial score (nSPS) is 32.9. The minimum absolute atomic E-state index is 0.00370. The number of anilines is 1. The fourth-order valence-corrected chi connectivity index (χ4v) is 3.10. The van der Waals surface area contributed by atoms with Gasteiger partial charge >= 0.3 is 0 Å². The van der Waals surface area contributed by atoms with E-state index < -0.39 is 0 Å². The quantitative estimate of drug-likeness (QED) is 0.745. The van der Waals surface area contributed by atoms with Crippen LogP contribution in [0.15, 0.2) is 16.6 Å². The van der Waals surface area contributed by atoms with E-state index in [9.17, 15) is 4.39 Å². The Morgan fingerprint density at radius 1 is 1.57 bits per heavy atom. The van der Waals surface area contributed by atoms with Crippen LogP contribution in [0.5, 0.6) is 0 Å². The smallest absolute Gasteiger partial charge is 0.146 e. The fourth-order valence-electron chi connectivity index (χ4n) is 2.37. The van der Waals surface area contributed by atoms with Gasteiger partial charge in [0.1, 0.15) is 5.82 Å². The van der Waals surface area contributed by atoms with Crippen molar-refractivity contribution in [2.45, 2.75) is 17.9 Å². The summed E-state index contributed by atoms with van der Waals surface area (Å²) in [5.74, 6) is -0.181. The van der Waals surface area contributed by atoms with E-state index in [0.29, 0.717) is 5.69 Å². The molecule has 0 radical (unpaired) electrons. The highest BCUT2D eigenvalue weighted by Crippen LogP contribution is 2.56. The lowest BCUT2D eigenvalue weighted by atomic mass is 9.97. The number of nitrogens with one attached hydrogen (secondary N) is 1. The van der Waals surface area contributed by atoms with Crippen molar-refractivity contribution in [2.75, 3.05) is 11.9 Å². The van der Waals surface area contributed by atoms with E-state index in [4.69, 9.17) is 5.73 Å². The molecule has 14 heavy (non-hydrogen) atoms. The third-order valence-electron chi connectivity index (χ3n) is 3.32. The molecule has 2 atom stereocenters. The van der Waals surface area contributed by atoms with Gasteiger partial charge in [0.2, 0.25) is 0 Å². The van der Waals surface area contributed by atoms with Gasteiger partial charge in [-0.3, -0.25) is 0 Å². The van der Waals surface area contributed by atoms with E-state index in [-0.39, 0.29) is 17.3 Å². The largest absolute Gasteiger partial charge is 0.381 e. The summed E-state index contributed by atoms with van der Waals surface area (Å²) in [7, 11) is 0. The molecule has 3 rings (SSSR count). The minimum atomic E-state index is -0.181. The Labute approximate surface area is 89.8 Å². The Morgan fingerprint density at radius 3 is 2.93 bits per heavy atom. The molecule has 0 bridgehead atoms. The zero-order valence-corrected chi connectivity index (χ0v) is 9.07. The summed E-state index contributed by atoms with van der Waals surface area (Å²) in [6.07, 6.45) is 0.953. The Morgan fingerprint density at radius 2 is 2.29 bits per heavy atom. The first kappa shape index (κ1) is 8.68. The van der Waals surface area contributed by atoms with Gasteiger partial charge in [-0.15, -0.1) is 0 Å². The Bertz CT molecular complexity index is 421. The van der Waals surface area contributed by atoms with Crippen LogP contribution in [0, 0.1) is 5.82 Å². The summed E-state index contributed by atoms with van der Waals surface area (Å²) in [6.45, 7) is 0.767. The maximum Gasteiger partial charge on any atom is 0.146 e. The third kappa shape index (κ3) is 0.880. The van der Waals surface area contributed by atoms with Crippen LogP contribution in [0.1, 0.15) is 12.0 Å². The maximum atomic E-state index is 13.4. The van der Waals surface area contributed by atoms with E-state index in [2.05, 4.69) is 21.2 Å². The lowest BCUT2D eigenvalue weighted by Gasteiger charge is -2.09. The molecule has 1 aliphatic heterocycles. The molecule has 74 valence electrons. The molecule has 1 saturated carbocycles.